The minimum absolute atomic E-state index is 0.346. The maximum absolute atomic E-state index is 12.0. The van der Waals surface area contributed by atoms with Crippen LogP contribution < -0.4 is 0 Å². The molecular formula is C13H21NO2S. The SMILES string of the molecule is CCO[C@@H]1CSC2(C1)CN(C(=O)C1CCC1)C2. The molecule has 0 aromatic rings. The summed E-state index contributed by atoms with van der Waals surface area (Å²) in [7, 11) is 0. The fourth-order valence-corrected chi connectivity index (χ4v) is 4.64. The Morgan fingerprint density at radius 3 is 2.82 bits per heavy atom. The second-order valence-electron chi connectivity index (χ2n) is 5.60. The van der Waals surface area contributed by atoms with Crippen molar-refractivity contribution in [3.05, 3.63) is 0 Å². The Balaban J connectivity index is 1.49. The molecule has 2 heterocycles. The maximum Gasteiger partial charge on any atom is 0.225 e. The van der Waals surface area contributed by atoms with E-state index in [1.165, 1.54) is 6.42 Å². The molecule has 1 spiro atoms. The highest BCUT2D eigenvalue weighted by molar-refractivity contribution is 8.01. The molecular weight excluding hydrogens is 234 g/mol. The number of ether oxygens (including phenoxy) is 1. The van der Waals surface area contributed by atoms with Crippen LogP contribution in [0.3, 0.4) is 0 Å². The fraction of sp³-hybridized carbons (Fsp3) is 0.923. The van der Waals surface area contributed by atoms with Gasteiger partial charge in [-0.25, -0.2) is 0 Å². The average Bonchev–Trinajstić information content (AvgIpc) is 2.57. The van der Waals surface area contributed by atoms with Gasteiger partial charge in [-0.3, -0.25) is 4.79 Å². The lowest BCUT2D eigenvalue weighted by Crippen LogP contribution is -2.62. The molecule has 0 bridgehead atoms. The molecule has 1 atom stereocenters. The van der Waals surface area contributed by atoms with Crippen molar-refractivity contribution in [2.75, 3.05) is 25.4 Å². The molecule has 17 heavy (non-hydrogen) atoms. The van der Waals surface area contributed by atoms with E-state index in [-0.39, 0.29) is 0 Å². The maximum atomic E-state index is 12.0. The number of rotatable bonds is 3. The minimum Gasteiger partial charge on any atom is -0.378 e. The summed E-state index contributed by atoms with van der Waals surface area (Å²) in [5.74, 6) is 1.89. The van der Waals surface area contributed by atoms with Crippen molar-refractivity contribution in [1.82, 2.24) is 4.90 Å². The van der Waals surface area contributed by atoms with E-state index >= 15 is 0 Å². The third-order valence-electron chi connectivity index (χ3n) is 4.30. The van der Waals surface area contributed by atoms with Crippen LogP contribution in [-0.4, -0.2) is 47.1 Å². The van der Waals surface area contributed by atoms with Crippen LogP contribution in [0.15, 0.2) is 0 Å². The third kappa shape index (κ3) is 2.10. The lowest BCUT2D eigenvalue weighted by atomic mass is 9.82. The Kier molecular flexibility index (Phi) is 3.11. The first kappa shape index (κ1) is 11.8. The van der Waals surface area contributed by atoms with E-state index in [0.29, 0.717) is 22.7 Å². The summed E-state index contributed by atoms with van der Waals surface area (Å²) in [6.07, 6.45) is 5.05. The van der Waals surface area contributed by atoms with Crippen LogP contribution in [0.2, 0.25) is 0 Å². The van der Waals surface area contributed by atoms with Gasteiger partial charge in [-0.2, -0.15) is 0 Å². The van der Waals surface area contributed by atoms with Gasteiger partial charge >= 0.3 is 0 Å². The summed E-state index contributed by atoms with van der Waals surface area (Å²) in [5, 5.41) is 0. The highest BCUT2D eigenvalue weighted by atomic mass is 32.2. The van der Waals surface area contributed by atoms with Crippen LogP contribution in [0.25, 0.3) is 0 Å². The molecule has 4 heteroatoms. The molecule has 0 radical (unpaired) electrons. The van der Waals surface area contributed by atoms with Crippen LogP contribution in [0, 0.1) is 5.92 Å². The van der Waals surface area contributed by atoms with Gasteiger partial charge in [-0.1, -0.05) is 6.42 Å². The monoisotopic (exact) mass is 255 g/mol. The Morgan fingerprint density at radius 2 is 2.24 bits per heavy atom. The molecule has 3 aliphatic rings. The van der Waals surface area contributed by atoms with Gasteiger partial charge in [-0.05, 0) is 26.2 Å². The second-order valence-corrected chi connectivity index (χ2v) is 7.09. The van der Waals surface area contributed by atoms with E-state index in [2.05, 4.69) is 11.8 Å². The first-order chi connectivity index (χ1) is 8.22. The fourth-order valence-electron chi connectivity index (χ4n) is 3.08. The van der Waals surface area contributed by atoms with Gasteiger partial charge in [0.1, 0.15) is 0 Å². The molecule has 1 saturated carbocycles. The van der Waals surface area contributed by atoms with E-state index in [1.54, 1.807) is 0 Å². The number of hydrogen-bond acceptors (Lipinski definition) is 3. The Morgan fingerprint density at radius 1 is 1.47 bits per heavy atom. The summed E-state index contributed by atoms with van der Waals surface area (Å²) in [5.41, 5.74) is 0. The van der Waals surface area contributed by atoms with E-state index in [1.807, 2.05) is 11.8 Å². The minimum atomic E-state index is 0.346. The van der Waals surface area contributed by atoms with Crippen LogP contribution in [0.5, 0.6) is 0 Å². The molecule has 3 fully saturated rings. The smallest absolute Gasteiger partial charge is 0.225 e. The third-order valence-corrected chi connectivity index (χ3v) is 5.88. The normalized spacial score (nSPS) is 31.4. The molecule has 0 N–H and O–H groups in total. The van der Waals surface area contributed by atoms with E-state index in [4.69, 9.17) is 4.74 Å². The van der Waals surface area contributed by atoms with Crippen molar-refractivity contribution in [2.45, 2.75) is 43.5 Å². The molecule has 2 saturated heterocycles. The highest BCUT2D eigenvalue weighted by Crippen LogP contribution is 2.47. The van der Waals surface area contributed by atoms with Crippen molar-refractivity contribution >= 4 is 17.7 Å². The number of nitrogens with zero attached hydrogens (tertiary/aromatic N) is 1. The molecule has 0 unspecified atom stereocenters. The van der Waals surface area contributed by atoms with E-state index < -0.39 is 0 Å². The second kappa shape index (κ2) is 4.47. The molecule has 96 valence electrons. The van der Waals surface area contributed by atoms with Crippen molar-refractivity contribution in [1.29, 1.82) is 0 Å². The molecule has 1 amide bonds. The Hall–Kier alpha value is -0.220. The number of hydrogen-bond donors (Lipinski definition) is 0. The number of likely N-dealkylation sites (tertiary alicyclic amines) is 1. The van der Waals surface area contributed by atoms with Gasteiger partial charge in [0.2, 0.25) is 5.91 Å². The Bertz CT molecular complexity index is 311. The lowest BCUT2D eigenvalue weighted by molar-refractivity contribution is -0.143. The van der Waals surface area contributed by atoms with Crippen molar-refractivity contribution in [2.24, 2.45) is 5.92 Å². The molecule has 3 rings (SSSR count). The molecule has 3 nitrogen and oxygen atoms in total. The Labute approximate surface area is 107 Å². The van der Waals surface area contributed by atoms with Gasteiger partial charge in [0.25, 0.3) is 0 Å². The number of thioether (sulfide) groups is 1. The van der Waals surface area contributed by atoms with Crippen LogP contribution in [-0.2, 0) is 9.53 Å². The summed E-state index contributed by atoms with van der Waals surface area (Å²) in [6, 6.07) is 0. The van der Waals surface area contributed by atoms with Crippen LogP contribution in [0.4, 0.5) is 0 Å². The van der Waals surface area contributed by atoms with Crippen molar-refractivity contribution in [3.63, 3.8) is 0 Å². The predicted octanol–water partition coefficient (Wildman–Crippen LogP) is 1.91. The van der Waals surface area contributed by atoms with Crippen molar-refractivity contribution in [3.8, 4) is 0 Å². The summed E-state index contributed by atoms with van der Waals surface area (Å²) in [6.45, 7) is 4.81. The molecule has 1 aliphatic carbocycles. The first-order valence-corrected chi connectivity index (χ1v) is 7.75. The zero-order valence-electron chi connectivity index (χ0n) is 10.5. The average molecular weight is 255 g/mol. The topological polar surface area (TPSA) is 29.5 Å². The van der Waals surface area contributed by atoms with Gasteiger partial charge in [-0.15, -0.1) is 11.8 Å². The molecule has 0 aromatic carbocycles. The van der Waals surface area contributed by atoms with Crippen LogP contribution in [0.1, 0.15) is 32.6 Å². The van der Waals surface area contributed by atoms with E-state index in [9.17, 15) is 4.79 Å². The number of carbonyl (C=O) groups is 1. The van der Waals surface area contributed by atoms with Crippen LogP contribution >= 0.6 is 11.8 Å². The predicted molar refractivity (Wildman–Crippen MR) is 69.1 cm³/mol. The number of amides is 1. The quantitative estimate of drug-likeness (QED) is 0.771. The summed E-state index contributed by atoms with van der Waals surface area (Å²) in [4.78, 5) is 14.1. The number of carbonyl (C=O) groups excluding carboxylic acids is 1. The zero-order chi connectivity index (χ0) is 11.9. The van der Waals surface area contributed by atoms with Crippen molar-refractivity contribution < 1.29 is 9.53 Å². The summed E-state index contributed by atoms with van der Waals surface area (Å²) >= 11 is 2.02. The largest absolute Gasteiger partial charge is 0.378 e. The first-order valence-electron chi connectivity index (χ1n) is 6.77. The summed E-state index contributed by atoms with van der Waals surface area (Å²) < 4.78 is 6.03. The zero-order valence-corrected chi connectivity index (χ0v) is 11.3. The van der Waals surface area contributed by atoms with Gasteiger partial charge in [0, 0.05) is 31.4 Å². The van der Waals surface area contributed by atoms with Gasteiger partial charge < -0.3 is 9.64 Å². The lowest BCUT2D eigenvalue weighted by Gasteiger charge is -2.49. The van der Waals surface area contributed by atoms with Gasteiger partial charge in [0.05, 0.1) is 10.9 Å². The molecule has 0 aromatic heterocycles. The van der Waals surface area contributed by atoms with E-state index in [0.717, 1.165) is 44.7 Å². The highest BCUT2D eigenvalue weighted by Gasteiger charge is 2.51. The van der Waals surface area contributed by atoms with Gasteiger partial charge in [0.15, 0.2) is 0 Å². The molecule has 2 aliphatic heterocycles. The standard InChI is InChI=1S/C13H21NO2S/c1-2-16-11-6-13(17-7-11)8-14(9-13)12(15)10-4-3-5-10/h10-11H,2-9H2,1H3/t11-/m0/s1.